The van der Waals surface area contributed by atoms with Gasteiger partial charge in [0.05, 0.1) is 0 Å². The van der Waals surface area contributed by atoms with Crippen LogP contribution in [0, 0.1) is 0 Å². The van der Waals surface area contributed by atoms with Crippen LogP contribution in [0.4, 0.5) is 0 Å². The average Bonchev–Trinajstić information content (AvgIpc) is 2.85. The van der Waals surface area contributed by atoms with Crippen LogP contribution in [0.2, 0.25) is 0 Å². The molecule has 0 amide bonds. The molecular weight excluding hydrogens is 200 g/mol. The van der Waals surface area contributed by atoms with E-state index in [2.05, 4.69) is 17.1 Å². The highest BCUT2D eigenvalue weighted by atomic mass is 16.5. The number of rotatable bonds is 5. The minimum atomic E-state index is 0.699. The molecule has 3 nitrogen and oxygen atoms in total. The number of hydrogen-bond acceptors (Lipinski definition) is 3. The highest BCUT2D eigenvalue weighted by molar-refractivity contribution is 4.79. The molecule has 2 aliphatic rings. The highest BCUT2D eigenvalue weighted by Crippen LogP contribution is 2.14. The van der Waals surface area contributed by atoms with Crippen LogP contribution in [-0.4, -0.2) is 49.8 Å². The van der Waals surface area contributed by atoms with E-state index in [1.165, 1.54) is 51.7 Å². The van der Waals surface area contributed by atoms with E-state index >= 15 is 0 Å². The number of nitrogens with zero attached hydrogens (tertiary/aromatic N) is 1. The zero-order valence-electron chi connectivity index (χ0n) is 10.6. The molecule has 0 bridgehead atoms. The fourth-order valence-corrected chi connectivity index (χ4v) is 2.84. The van der Waals surface area contributed by atoms with Gasteiger partial charge in [-0.25, -0.2) is 0 Å². The maximum atomic E-state index is 5.38. The summed E-state index contributed by atoms with van der Waals surface area (Å²) < 4.78 is 5.38. The molecule has 94 valence electrons. The smallest absolute Gasteiger partial charge is 0.0480 e. The van der Waals surface area contributed by atoms with Gasteiger partial charge in [-0.2, -0.15) is 0 Å². The molecule has 1 unspecified atom stereocenters. The van der Waals surface area contributed by atoms with Crippen molar-refractivity contribution in [3.63, 3.8) is 0 Å². The van der Waals surface area contributed by atoms with Crippen LogP contribution < -0.4 is 5.32 Å². The lowest BCUT2D eigenvalue weighted by molar-refractivity contribution is 0.0753. The van der Waals surface area contributed by atoms with E-state index in [0.717, 1.165) is 19.3 Å². The Morgan fingerprint density at radius 2 is 1.94 bits per heavy atom. The van der Waals surface area contributed by atoms with E-state index in [0.29, 0.717) is 6.04 Å². The number of nitrogens with one attached hydrogen (secondary N) is 1. The Hall–Kier alpha value is -0.120. The molecule has 2 rings (SSSR count). The Labute approximate surface area is 99.5 Å². The summed E-state index contributed by atoms with van der Waals surface area (Å²) in [5.41, 5.74) is 0. The molecule has 2 fully saturated rings. The molecule has 0 aromatic heterocycles. The van der Waals surface area contributed by atoms with Gasteiger partial charge < -0.3 is 10.1 Å². The van der Waals surface area contributed by atoms with Crippen molar-refractivity contribution in [3.8, 4) is 0 Å². The molecule has 2 heterocycles. The SMILES string of the molecule is CCC(CNC1CCOCC1)N1CCCC1. The summed E-state index contributed by atoms with van der Waals surface area (Å²) in [6, 6.07) is 1.45. The molecular formula is C13H26N2O. The topological polar surface area (TPSA) is 24.5 Å². The average molecular weight is 226 g/mol. The van der Waals surface area contributed by atoms with E-state index in [1.807, 2.05) is 0 Å². The predicted octanol–water partition coefficient (Wildman–Crippen LogP) is 1.63. The monoisotopic (exact) mass is 226 g/mol. The first-order valence-corrected chi connectivity index (χ1v) is 6.95. The standard InChI is InChI=1S/C13H26N2O/c1-2-13(15-7-3-4-8-15)11-14-12-5-9-16-10-6-12/h12-14H,2-11H2,1H3. The normalized spacial score (nSPS) is 26.1. The van der Waals surface area contributed by atoms with Crippen LogP contribution in [-0.2, 0) is 4.74 Å². The second-order valence-electron chi connectivity index (χ2n) is 5.10. The minimum absolute atomic E-state index is 0.699. The molecule has 0 spiro atoms. The van der Waals surface area contributed by atoms with Gasteiger partial charge in [-0.1, -0.05) is 6.92 Å². The third-order valence-corrected chi connectivity index (χ3v) is 3.99. The largest absolute Gasteiger partial charge is 0.381 e. The molecule has 1 atom stereocenters. The third-order valence-electron chi connectivity index (χ3n) is 3.99. The Bertz CT molecular complexity index is 186. The molecule has 0 aliphatic carbocycles. The van der Waals surface area contributed by atoms with Gasteiger partial charge in [0.2, 0.25) is 0 Å². The third kappa shape index (κ3) is 3.44. The summed E-state index contributed by atoms with van der Waals surface area (Å²) in [6.07, 6.45) is 6.45. The van der Waals surface area contributed by atoms with Crippen molar-refractivity contribution >= 4 is 0 Å². The Morgan fingerprint density at radius 3 is 2.56 bits per heavy atom. The van der Waals surface area contributed by atoms with Crippen molar-refractivity contribution in [3.05, 3.63) is 0 Å². The van der Waals surface area contributed by atoms with Crippen molar-refractivity contribution in [1.29, 1.82) is 0 Å². The van der Waals surface area contributed by atoms with Crippen LogP contribution in [0.15, 0.2) is 0 Å². The van der Waals surface area contributed by atoms with E-state index in [4.69, 9.17) is 4.74 Å². The first kappa shape index (κ1) is 12.3. The van der Waals surface area contributed by atoms with Gasteiger partial charge in [0.15, 0.2) is 0 Å². The lowest BCUT2D eigenvalue weighted by Crippen LogP contribution is -2.45. The van der Waals surface area contributed by atoms with E-state index in [-0.39, 0.29) is 0 Å². The second-order valence-corrected chi connectivity index (χ2v) is 5.10. The molecule has 0 aromatic carbocycles. The van der Waals surface area contributed by atoms with Gasteiger partial charge >= 0.3 is 0 Å². The molecule has 2 saturated heterocycles. The summed E-state index contributed by atoms with van der Waals surface area (Å²) in [6.45, 7) is 7.99. The summed E-state index contributed by atoms with van der Waals surface area (Å²) in [5.74, 6) is 0. The summed E-state index contributed by atoms with van der Waals surface area (Å²) >= 11 is 0. The Balaban J connectivity index is 1.69. The Morgan fingerprint density at radius 1 is 1.25 bits per heavy atom. The van der Waals surface area contributed by atoms with E-state index < -0.39 is 0 Å². The summed E-state index contributed by atoms with van der Waals surface area (Å²) in [7, 11) is 0. The number of hydrogen-bond donors (Lipinski definition) is 1. The molecule has 0 radical (unpaired) electrons. The number of ether oxygens (including phenoxy) is 1. The first-order chi connectivity index (χ1) is 7.90. The van der Waals surface area contributed by atoms with Crippen molar-refractivity contribution in [2.24, 2.45) is 0 Å². The minimum Gasteiger partial charge on any atom is -0.381 e. The molecule has 1 N–H and O–H groups in total. The quantitative estimate of drug-likeness (QED) is 0.771. The van der Waals surface area contributed by atoms with Crippen molar-refractivity contribution < 1.29 is 4.74 Å². The first-order valence-electron chi connectivity index (χ1n) is 6.95. The van der Waals surface area contributed by atoms with Crippen molar-refractivity contribution in [2.45, 2.75) is 51.1 Å². The molecule has 2 aliphatic heterocycles. The summed E-state index contributed by atoms with van der Waals surface area (Å²) in [4.78, 5) is 2.66. The van der Waals surface area contributed by atoms with Crippen molar-refractivity contribution in [1.82, 2.24) is 10.2 Å². The van der Waals surface area contributed by atoms with Gasteiger partial charge in [0.1, 0.15) is 0 Å². The lowest BCUT2D eigenvalue weighted by Gasteiger charge is -2.30. The molecule has 0 aromatic rings. The summed E-state index contributed by atoms with van der Waals surface area (Å²) in [5, 5.41) is 3.73. The number of likely N-dealkylation sites (tertiary alicyclic amines) is 1. The van der Waals surface area contributed by atoms with Crippen LogP contribution in [0.3, 0.4) is 0 Å². The van der Waals surface area contributed by atoms with E-state index in [1.54, 1.807) is 0 Å². The van der Waals surface area contributed by atoms with Gasteiger partial charge in [-0.3, -0.25) is 4.90 Å². The second kappa shape index (κ2) is 6.58. The zero-order valence-corrected chi connectivity index (χ0v) is 10.6. The van der Waals surface area contributed by atoms with E-state index in [9.17, 15) is 0 Å². The van der Waals surface area contributed by atoms with Crippen LogP contribution in [0.5, 0.6) is 0 Å². The van der Waals surface area contributed by atoms with Gasteiger partial charge in [-0.15, -0.1) is 0 Å². The van der Waals surface area contributed by atoms with Gasteiger partial charge in [-0.05, 0) is 45.2 Å². The van der Waals surface area contributed by atoms with Gasteiger partial charge in [0.25, 0.3) is 0 Å². The zero-order chi connectivity index (χ0) is 11.2. The fourth-order valence-electron chi connectivity index (χ4n) is 2.84. The maximum Gasteiger partial charge on any atom is 0.0480 e. The van der Waals surface area contributed by atoms with Crippen molar-refractivity contribution in [2.75, 3.05) is 32.8 Å². The predicted molar refractivity (Wildman–Crippen MR) is 66.7 cm³/mol. The molecule has 0 saturated carbocycles. The van der Waals surface area contributed by atoms with Crippen LogP contribution in [0.1, 0.15) is 39.0 Å². The molecule has 16 heavy (non-hydrogen) atoms. The van der Waals surface area contributed by atoms with Crippen LogP contribution in [0.25, 0.3) is 0 Å². The molecule has 3 heteroatoms. The maximum absolute atomic E-state index is 5.38. The lowest BCUT2D eigenvalue weighted by atomic mass is 10.1. The van der Waals surface area contributed by atoms with Gasteiger partial charge in [0, 0.05) is 31.8 Å². The fraction of sp³-hybridized carbons (Fsp3) is 1.00. The highest BCUT2D eigenvalue weighted by Gasteiger charge is 2.21. The Kier molecular flexibility index (Phi) is 5.07. The van der Waals surface area contributed by atoms with Crippen LogP contribution >= 0.6 is 0 Å².